The van der Waals surface area contributed by atoms with E-state index in [1.54, 1.807) is 0 Å². The highest BCUT2D eigenvalue weighted by Crippen LogP contribution is 2.30. The summed E-state index contributed by atoms with van der Waals surface area (Å²) in [5, 5.41) is 0. The van der Waals surface area contributed by atoms with Gasteiger partial charge in [0.25, 0.3) is 0 Å². The highest BCUT2D eigenvalue weighted by atomic mass is 16.5. The van der Waals surface area contributed by atoms with E-state index >= 15 is 0 Å². The standard InChI is InChI=1S/C18H18O2/c1-12-9-13(2)11-15(10-12)17(19)18-16-6-4-3-5-14(16)7-8-20-18/h3-6,9-11,18H,7-8H2,1-2H3. The average Bonchev–Trinajstić information content (AvgIpc) is 2.45. The van der Waals surface area contributed by atoms with Gasteiger partial charge in [0.05, 0.1) is 6.61 Å². The maximum atomic E-state index is 12.7. The van der Waals surface area contributed by atoms with E-state index in [-0.39, 0.29) is 5.78 Å². The molecule has 2 aromatic carbocycles. The van der Waals surface area contributed by atoms with Crippen LogP contribution in [-0.4, -0.2) is 12.4 Å². The lowest BCUT2D eigenvalue weighted by atomic mass is 9.91. The van der Waals surface area contributed by atoms with E-state index in [0.717, 1.165) is 28.7 Å². The van der Waals surface area contributed by atoms with Gasteiger partial charge >= 0.3 is 0 Å². The third-order valence-electron chi connectivity index (χ3n) is 3.74. The van der Waals surface area contributed by atoms with Gasteiger partial charge in [0.2, 0.25) is 0 Å². The average molecular weight is 266 g/mol. The van der Waals surface area contributed by atoms with Gasteiger partial charge in [-0.1, -0.05) is 41.5 Å². The maximum Gasteiger partial charge on any atom is 0.196 e. The summed E-state index contributed by atoms with van der Waals surface area (Å²) in [5.41, 5.74) is 5.20. The van der Waals surface area contributed by atoms with Crippen molar-refractivity contribution in [1.82, 2.24) is 0 Å². The van der Waals surface area contributed by atoms with Crippen LogP contribution in [0.4, 0.5) is 0 Å². The topological polar surface area (TPSA) is 26.3 Å². The molecule has 2 aromatic rings. The molecule has 1 atom stereocenters. The van der Waals surface area contributed by atoms with E-state index < -0.39 is 6.10 Å². The molecule has 0 radical (unpaired) electrons. The van der Waals surface area contributed by atoms with E-state index in [2.05, 4.69) is 12.1 Å². The van der Waals surface area contributed by atoms with Gasteiger partial charge in [-0.15, -0.1) is 0 Å². The van der Waals surface area contributed by atoms with Crippen molar-refractivity contribution in [1.29, 1.82) is 0 Å². The molecular formula is C18H18O2. The molecule has 2 nitrogen and oxygen atoms in total. The van der Waals surface area contributed by atoms with Crippen LogP contribution in [0, 0.1) is 13.8 Å². The molecule has 2 heteroatoms. The van der Waals surface area contributed by atoms with Gasteiger partial charge in [0.15, 0.2) is 5.78 Å². The number of ether oxygens (including phenoxy) is 1. The Balaban J connectivity index is 1.99. The summed E-state index contributed by atoms with van der Waals surface area (Å²) in [6.45, 7) is 4.64. The number of fused-ring (bicyclic) bond motifs is 1. The summed E-state index contributed by atoms with van der Waals surface area (Å²) in [6, 6.07) is 14.0. The first-order valence-electron chi connectivity index (χ1n) is 6.97. The molecule has 0 saturated heterocycles. The third-order valence-corrected chi connectivity index (χ3v) is 3.74. The number of ketones is 1. The van der Waals surface area contributed by atoms with Gasteiger partial charge < -0.3 is 4.74 Å². The third kappa shape index (κ3) is 2.39. The minimum absolute atomic E-state index is 0.0592. The molecule has 0 aliphatic carbocycles. The fourth-order valence-electron chi connectivity index (χ4n) is 2.88. The van der Waals surface area contributed by atoms with Crippen molar-refractivity contribution in [3.63, 3.8) is 0 Å². The summed E-state index contributed by atoms with van der Waals surface area (Å²) >= 11 is 0. The number of rotatable bonds is 2. The van der Waals surface area contributed by atoms with Crippen LogP contribution in [0.5, 0.6) is 0 Å². The fraction of sp³-hybridized carbons (Fsp3) is 0.278. The Kier molecular flexibility index (Phi) is 3.41. The Morgan fingerprint density at radius 2 is 1.80 bits per heavy atom. The highest BCUT2D eigenvalue weighted by Gasteiger charge is 2.28. The Labute approximate surface area is 119 Å². The molecule has 0 saturated carbocycles. The fourth-order valence-corrected chi connectivity index (χ4v) is 2.88. The highest BCUT2D eigenvalue weighted by molar-refractivity contribution is 6.00. The number of hydrogen-bond acceptors (Lipinski definition) is 2. The molecule has 1 aliphatic rings. The second-order valence-corrected chi connectivity index (χ2v) is 5.44. The number of carbonyl (C=O) groups excluding carboxylic acids is 1. The van der Waals surface area contributed by atoms with Crippen molar-refractivity contribution < 1.29 is 9.53 Å². The lowest BCUT2D eigenvalue weighted by Crippen LogP contribution is -2.23. The van der Waals surface area contributed by atoms with Gasteiger partial charge in [-0.3, -0.25) is 4.79 Å². The number of carbonyl (C=O) groups is 1. The zero-order valence-electron chi connectivity index (χ0n) is 11.8. The van der Waals surface area contributed by atoms with E-state index in [0.29, 0.717) is 6.61 Å². The van der Waals surface area contributed by atoms with Gasteiger partial charge in [0.1, 0.15) is 6.10 Å². The van der Waals surface area contributed by atoms with Gasteiger partial charge in [-0.2, -0.15) is 0 Å². The number of Topliss-reactive ketones (excluding diaryl/α,β-unsaturated/α-hetero) is 1. The van der Waals surface area contributed by atoms with Crippen LogP contribution < -0.4 is 0 Å². The summed E-state index contributed by atoms with van der Waals surface area (Å²) in [5.74, 6) is 0.0592. The molecule has 3 rings (SSSR count). The molecule has 0 aromatic heterocycles. The van der Waals surface area contributed by atoms with Crippen molar-refractivity contribution in [2.24, 2.45) is 0 Å². The first-order valence-corrected chi connectivity index (χ1v) is 6.97. The predicted molar refractivity (Wildman–Crippen MR) is 79.1 cm³/mol. The van der Waals surface area contributed by atoms with Crippen molar-refractivity contribution in [2.75, 3.05) is 6.61 Å². The van der Waals surface area contributed by atoms with E-state index in [1.165, 1.54) is 5.56 Å². The van der Waals surface area contributed by atoms with Crippen LogP contribution >= 0.6 is 0 Å². The molecule has 0 amide bonds. The lowest BCUT2D eigenvalue weighted by Gasteiger charge is -2.25. The predicted octanol–water partition coefficient (Wildman–Crippen LogP) is 3.80. The van der Waals surface area contributed by atoms with Crippen LogP contribution in [-0.2, 0) is 11.2 Å². The monoisotopic (exact) mass is 266 g/mol. The molecule has 102 valence electrons. The second kappa shape index (κ2) is 5.22. The second-order valence-electron chi connectivity index (χ2n) is 5.44. The van der Waals surface area contributed by atoms with Crippen LogP contribution in [0.25, 0.3) is 0 Å². The van der Waals surface area contributed by atoms with Crippen LogP contribution in [0.3, 0.4) is 0 Å². The van der Waals surface area contributed by atoms with Gasteiger partial charge in [-0.05, 0) is 43.5 Å². The van der Waals surface area contributed by atoms with Crippen molar-refractivity contribution in [3.05, 3.63) is 70.3 Å². The van der Waals surface area contributed by atoms with Crippen molar-refractivity contribution in [2.45, 2.75) is 26.4 Å². The molecule has 0 bridgehead atoms. The van der Waals surface area contributed by atoms with Crippen LogP contribution in [0.15, 0.2) is 42.5 Å². The van der Waals surface area contributed by atoms with Crippen molar-refractivity contribution >= 4 is 5.78 Å². The zero-order chi connectivity index (χ0) is 14.1. The zero-order valence-corrected chi connectivity index (χ0v) is 11.8. The minimum Gasteiger partial charge on any atom is -0.365 e. The van der Waals surface area contributed by atoms with E-state index in [9.17, 15) is 4.79 Å². The number of benzene rings is 2. The summed E-state index contributed by atoms with van der Waals surface area (Å²) in [4.78, 5) is 12.7. The Hall–Kier alpha value is -1.93. The first-order chi connectivity index (χ1) is 9.65. The maximum absolute atomic E-state index is 12.7. The molecule has 1 aliphatic heterocycles. The molecule has 1 unspecified atom stereocenters. The SMILES string of the molecule is Cc1cc(C)cc(C(=O)C2OCCc3ccccc32)c1. The molecule has 20 heavy (non-hydrogen) atoms. The van der Waals surface area contributed by atoms with Crippen molar-refractivity contribution in [3.8, 4) is 0 Å². The van der Waals surface area contributed by atoms with E-state index in [4.69, 9.17) is 4.74 Å². The largest absolute Gasteiger partial charge is 0.365 e. The summed E-state index contributed by atoms with van der Waals surface area (Å²) in [7, 11) is 0. The van der Waals surface area contributed by atoms with Gasteiger partial charge in [-0.25, -0.2) is 0 Å². The quantitative estimate of drug-likeness (QED) is 0.773. The number of hydrogen-bond donors (Lipinski definition) is 0. The van der Waals surface area contributed by atoms with Crippen LogP contribution in [0.1, 0.15) is 38.7 Å². The normalized spacial score (nSPS) is 17.6. The summed E-state index contributed by atoms with van der Waals surface area (Å²) in [6.07, 6.45) is 0.424. The molecule has 0 spiro atoms. The van der Waals surface area contributed by atoms with Crippen LogP contribution in [0.2, 0.25) is 0 Å². The number of aryl methyl sites for hydroxylation is 2. The molecule has 1 heterocycles. The lowest BCUT2D eigenvalue weighted by molar-refractivity contribution is 0.0349. The first kappa shape index (κ1) is 13.1. The van der Waals surface area contributed by atoms with Gasteiger partial charge in [0, 0.05) is 5.56 Å². The Morgan fingerprint density at radius 3 is 2.55 bits per heavy atom. The smallest absolute Gasteiger partial charge is 0.196 e. The Morgan fingerprint density at radius 1 is 1.10 bits per heavy atom. The Bertz CT molecular complexity index is 638. The minimum atomic E-state index is -0.457. The van der Waals surface area contributed by atoms with E-state index in [1.807, 2.05) is 44.2 Å². The molecular weight excluding hydrogens is 248 g/mol. The summed E-state index contributed by atoms with van der Waals surface area (Å²) < 4.78 is 5.75. The molecule has 0 fully saturated rings. The molecule has 0 N–H and O–H groups in total.